The van der Waals surface area contributed by atoms with E-state index in [2.05, 4.69) is 11.5 Å². The van der Waals surface area contributed by atoms with Crippen LogP contribution in [0.25, 0.3) is 0 Å². The zero-order valence-electron chi connectivity index (χ0n) is 14.2. The molecule has 1 aromatic heterocycles. The second-order valence-electron chi connectivity index (χ2n) is 7.09. The van der Waals surface area contributed by atoms with Gasteiger partial charge in [0.1, 0.15) is 0 Å². The summed E-state index contributed by atoms with van der Waals surface area (Å²) >= 11 is 0. The minimum atomic E-state index is -0.0133. The van der Waals surface area contributed by atoms with E-state index in [1.54, 1.807) is 0 Å². The van der Waals surface area contributed by atoms with E-state index >= 15 is 0 Å². The third-order valence-corrected chi connectivity index (χ3v) is 4.97. The molecule has 0 radical (unpaired) electrons. The van der Waals surface area contributed by atoms with Crippen molar-refractivity contribution in [1.82, 2.24) is 20.0 Å². The number of hydrogen-bond donors (Lipinski definition) is 1. The molecule has 1 aliphatic carbocycles. The first-order valence-corrected chi connectivity index (χ1v) is 8.55. The maximum atomic E-state index is 12.3. The molecule has 3 rings (SSSR count). The van der Waals surface area contributed by atoms with Crippen LogP contribution in [0.3, 0.4) is 0 Å². The second-order valence-corrected chi connectivity index (χ2v) is 7.09. The molecule has 126 valence electrons. The van der Waals surface area contributed by atoms with Gasteiger partial charge >= 0.3 is 0 Å². The number of nitrogens with zero attached hydrogens (tertiary/aromatic N) is 3. The van der Waals surface area contributed by atoms with Gasteiger partial charge in [0, 0.05) is 44.6 Å². The lowest BCUT2D eigenvalue weighted by atomic mass is 9.81. The van der Waals surface area contributed by atoms with Gasteiger partial charge in [0.05, 0.1) is 12.2 Å². The van der Waals surface area contributed by atoms with Gasteiger partial charge < -0.3 is 10.2 Å². The molecule has 6 heteroatoms. The normalized spacial score (nSPS) is 22.9. The molecule has 1 N–H and O–H groups in total. The Balaban J connectivity index is 1.70. The van der Waals surface area contributed by atoms with Gasteiger partial charge in [0.15, 0.2) is 0 Å². The summed E-state index contributed by atoms with van der Waals surface area (Å²) in [5, 5.41) is 7.56. The molecular formula is C17H26N4O2. The van der Waals surface area contributed by atoms with Crippen molar-refractivity contribution in [1.29, 1.82) is 0 Å². The fourth-order valence-corrected chi connectivity index (χ4v) is 3.80. The highest BCUT2D eigenvalue weighted by molar-refractivity contribution is 5.78. The molecule has 0 bridgehead atoms. The number of aromatic nitrogens is 2. The van der Waals surface area contributed by atoms with Crippen LogP contribution < -0.4 is 5.32 Å². The molecule has 6 nitrogen and oxygen atoms in total. The number of aryl methyl sites for hydroxylation is 1. The van der Waals surface area contributed by atoms with Gasteiger partial charge in [-0.2, -0.15) is 5.10 Å². The lowest BCUT2D eigenvalue weighted by Crippen LogP contribution is -2.32. The van der Waals surface area contributed by atoms with E-state index in [9.17, 15) is 9.59 Å². The van der Waals surface area contributed by atoms with Gasteiger partial charge in [-0.05, 0) is 24.3 Å². The Labute approximate surface area is 137 Å². The van der Waals surface area contributed by atoms with E-state index in [4.69, 9.17) is 5.10 Å². The zero-order valence-corrected chi connectivity index (χ0v) is 14.2. The average molecular weight is 318 g/mol. The van der Waals surface area contributed by atoms with Crippen LogP contribution in [0.4, 0.5) is 0 Å². The fourth-order valence-electron chi connectivity index (χ4n) is 3.80. The Kier molecular flexibility index (Phi) is 4.41. The van der Waals surface area contributed by atoms with Gasteiger partial charge in [-0.3, -0.25) is 14.3 Å². The van der Waals surface area contributed by atoms with Gasteiger partial charge in [-0.15, -0.1) is 0 Å². The first-order chi connectivity index (χ1) is 11.0. The Morgan fingerprint density at radius 3 is 2.87 bits per heavy atom. The largest absolute Gasteiger partial charge is 0.354 e. The number of amides is 2. The minimum Gasteiger partial charge on any atom is -0.354 e. The summed E-state index contributed by atoms with van der Waals surface area (Å²) in [6.07, 6.45) is 4.29. The van der Waals surface area contributed by atoms with Crippen molar-refractivity contribution in [2.45, 2.75) is 46.1 Å². The lowest BCUT2D eigenvalue weighted by molar-refractivity contribution is -0.133. The van der Waals surface area contributed by atoms with Crippen molar-refractivity contribution in [3.63, 3.8) is 0 Å². The van der Waals surface area contributed by atoms with E-state index in [1.807, 2.05) is 23.4 Å². The SMILES string of the molecule is CC(=O)NCCn1cc2c(n1)[C@H]1CN(C(=O)C(C)C)C[C@H]1CC2. The van der Waals surface area contributed by atoms with E-state index in [0.29, 0.717) is 24.9 Å². The monoisotopic (exact) mass is 318 g/mol. The summed E-state index contributed by atoms with van der Waals surface area (Å²) in [5.74, 6) is 1.23. The van der Waals surface area contributed by atoms with Gasteiger partial charge in [0.25, 0.3) is 0 Å². The van der Waals surface area contributed by atoms with Crippen LogP contribution >= 0.6 is 0 Å². The molecule has 0 aromatic carbocycles. The minimum absolute atomic E-state index is 0.0133. The van der Waals surface area contributed by atoms with Gasteiger partial charge in [-0.1, -0.05) is 13.8 Å². The molecule has 2 amide bonds. The van der Waals surface area contributed by atoms with Crippen LogP contribution in [0.1, 0.15) is 44.4 Å². The van der Waals surface area contributed by atoms with Crippen LogP contribution in [0, 0.1) is 11.8 Å². The van der Waals surface area contributed by atoms with Crippen LogP contribution in [0.2, 0.25) is 0 Å². The molecule has 2 atom stereocenters. The lowest BCUT2D eigenvalue weighted by Gasteiger charge is -2.22. The Hall–Kier alpha value is -1.85. The molecule has 0 unspecified atom stereocenters. The number of nitrogens with one attached hydrogen (secondary N) is 1. The number of fused-ring (bicyclic) bond motifs is 3. The van der Waals surface area contributed by atoms with Gasteiger partial charge in [0.2, 0.25) is 11.8 Å². The molecule has 1 aromatic rings. The number of carbonyl (C=O) groups is 2. The molecule has 1 saturated heterocycles. The molecule has 0 saturated carbocycles. The summed E-state index contributed by atoms with van der Waals surface area (Å²) in [4.78, 5) is 25.2. The van der Waals surface area contributed by atoms with Crippen molar-refractivity contribution < 1.29 is 9.59 Å². The summed E-state index contributed by atoms with van der Waals surface area (Å²) in [7, 11) is 0. The molecule has 2 aliphatic rings. The van der Waals surface area contributed by atoms with Gasteiger partial charge in [-0.25, -0.2) is 0 Å². The molecule has 0 spiro atoms. The fraction of sp³-hybridized carbons (Fsp3) is 0.706. The van der Waals surface area contributed by atoms with E-state index < -0.39 is 0 Å². The predicted octanol–water partition coefficient (Wildman–Crippen LogP) is 1.16. The average Bonchev–Trinajstić information content (AvgIpc) is 3.08. The van der Waals surface area contributed by atoms with E-state index in [1.165, 1.54) is 18.2 Å². The van der Waals surface area contributed by atoms with Crippen LogP contribution in [-0.4, -0.2) is 46.1 Å². The van der Waals surface area contributed by atoms with Crippen molar-refractivity contribution in [3.8, 4) is 0 Å². The van der Waals surface area contributed by atoms with E-state index in [-0.39, 0.29) is 17.7 Å². The smallest absolute Gasteiger partial charge is 0.225 e. The zero-order chi connectivity index (χ0) is 16.6. The van der Waals surface area contributed by atoms with Crippen LogP contribution in [0.15, 0.2) is 6.20 Å². The third kappa shape index (κ3) is 3.26. The Bertz CT molecular complexity index is 608. The maximum Gasteiger partial charge on any atom is 0.225 e. The first-order valence-electron chi connectivity index (χ1n) is 8.55. The summed E-state index contributed by atoms with van der Waals surface area (Å²) in [6.45, 7) is 8.42. The Morgan fingerprint density at radius 1 is 1.39 bits per heavy atom. The summed E-state index contributed by atoms with van der Waals surface area (Å²) in [5.41, 5.74) is 2.48. The highest BCUT2D eigenvalue weighted by Crippen LogP contribution is 2.40. The summed E-state index contributed by atoms with van der Waals surface area (Å²) < 4.78 is 1.94. The van der Waals surface area contributed by atoms with Crippen molar-refractivity contribution >= 4 is 11.8 Å². The molecule has 1 fully saturated rings. The summed E-state index contributed by atoms with van der Waals surface area (Å²) in [6, 6.07) is 0. The Morgan fingerprint density at radius 2 is 2.17 bits per heavy atom. The van der Waals surface area contributed by atoms with E-state index in [0.717, 1.165) is 25.9 Å². The quantitative estimate of drug-likeness (QED) is 0.906. The van der Waals surface area contributed by atoms with Crippen molar-refractivity contribution in [2.75, 3.05) is 19.6 Å². The number of hydrogen-bond acceptors (Lipinski definition) is 3. The molecule has 1 aliphatic heterocycles. The van der Waals surface area contributed by atoms with Crippen molar-refractivity contribution in [2.24, 2.45) is 11.8 Å². The highest BCUT2D eigenvalue weighted by atomic mass is 16.2. The molecular weight excluding hydrogens is 292 g/mol. The third-order valence-electron chi connectivity index (χ3n) is 4.97. The van der Waals surface area contributed by atoms with Crippen molar-refractivity contribution in [3.05, 3.63) is 17.5 Å². The topological polar surface area (TPSA) is 67.2 Å². The maximum absolute atomic E-state index is 12.3. The molecule has 2 heterocycles. The number of likely N-dealkylation sites (tertiary alicyclic amines) is 1. The standard InChI is InChI=1S/C17H26N4O2/c1-11(2)17(23)20-8-13-4-5-14-9-21(7-6-18-12(3)22)19-16(14)15(13)10-20/h9,11,13,15H,4-8,10H2,1-3H3,(H,18,22)/t13-,15+/m1/s1. The van der Waals surface area contributed by atoms with Crippen LogP contribution in [-0.2, 0) is 22.6 Å². The van der Waals surface area contributed by atoms with Crippen LogP contribution in [0.5, 0.6) is 0 Å². The molecule has 23 heavy (non-hydrogen) atoms. The number of rotatable bonds is 4. The predicted molar refractivity (Wildman–Crippen MR) is 86.9 cm³/mol. The first kappa shape index (κ1) is 16.0. The highest BCUT2D eigenvalue weighted by Gasteiger charge is 2.41. The number of carbonyl (C=O) groups excluding carboxylic acids is 2. The second kappa shape index (κ2) is 6.34.